The van der Waals surface area contributed by atoms with E-state index >= 15 is 0 Å². The van der Waals surface area contributed by atoms with Gasteiger partial charge >= 0.3 is 15.6 Å². The van der Waals surface area contributed by atoms with Gasteiger partial charge in [0.2, 0.25) is 5.75 Å². The van der Waals surface area contributed by atoms with Crippen LogP contribution < -0.4 is 8.92 Å². The van der Waals surface area contributed by atoms with Gasteiger partial charge in [0.15, 0.2) is 12.1 Å². The van der Waals surface area contributed by atoms with Gasteiger partial charge in [0.1, 0.15) is 0 Å². The van der Waals surface area contributed by atoms with Crippen LogP contribution in [0.25, 0.3) is 12.2 Å². The highest BCUT2D eigenvalue weighted by atomic mass is 32.2. The second-order valence-corrected chi connectivity index (χ2v) is 7.58. The van der Waals surface area contributed by atoms with Gasteiger partial charge in [-0.25, -0.2) is 4.98 Å². The first kappa shape index (κ1) is 21.1. The zero-order chi connectivity index (χ0) is 20.9. The summed E-state index contributed by atoms with van der Waals surface area (Å²) in [5.74, 6) is -1.28. The fourth-order valence-corrected chi connectivity index (χ4v) is 2.84. The second-order valence-electron chi connectivity index (χ2n) is 6.04. The molecular formula is C18H17F3N2O5S. The Morgan fingerprint density at radius 3 is 2.55 bits per heavy atom. The molecule has 1 saturated heterocycles. The Hall–Kier alpha value is -2.66. The van der Waals surface area contributed by atoms with Crippen molar-refractivity contribution in [2.24, 2.45) is 0 Å². The predicted molar refractivity (Wildman–Crippen MR) is 97.2 cm³/mol. The van der Waals surface area contributed by atoms with Crippen molar-refractivity contribution >= 4 is 22.3 Å². The number of alkyl halides is 3. The molecule has 3 rings (SSSR count). The van der Waals surface area contributed by atoms with Gasteiger partial charge in [-0.15, -0.1) is 0 Å². The second kappa shape index (κ2) is 8.78. The maximum Gasteiger partial charge on any atom is 0.534 e. The summed E-state index contributed by atoms with van der Waals surface area (Å²) in [6.45, 7) is 0.417. The number of benzene rings is 1. The first-order chi connectivity index (χ1) is 13.7. The minimum atomic E-state index is -5.93. The van der Waals surface area contributed by atoms with E-state index in [1.54, 1.807) is 30.3 Å². The minimum Gasteiger partial charge on any atom is -0.458 e. The highest BCUT2D eigenvalue weighted by Gasteiger charge is 2.49. The number of hydrogen-bond acceptors (Lipinski definition) is 7. The number of rotatable bonds is 6. The quantitative estimate of drug-likeness (QED) is 0.509. The minimum absolute atomic E-state index is 0.0573. The molecule has 0 radical (unpaired) electrons. The number of aromatic nitrogens is 2. The molecule has 2 aromatic rings. The number of hydrogen-bond donors (Lipinski definition) is 0. The zero-order valence-electron chi connectivity index (χ0n) is 15.0. The largest absolute Gasteiger partial charge is 0.534 e. The van der Waals surface area contributed by atoms with Gasteiger partial charge in [0, 0.05) is 6.42 Å². The highest BCUT2D eigenvalue weighted by molar-refractivity contribution is 7.88. The summed E-state index contributed by atoms with van der Waals surface area (Å²) in [5, 5.41) is 0. The lowest BCUT2D eigenvalue weighted by Crippen LogP contribution is -2.29. The average Bonchev–Trinajstić information content (AvgIpc) is 2.68. The van der Waals surface area contributed by atoms with Crippen LogP contribution in [0.5, 0.6) is 11.6 Å². The molecule has 1 aliphatic rings. The third kappa shape index (κ3) is 5.67. The lowest BCUT2D eigenvalue weighted by atomic mass is 10.2. The molecule has 1 fully saturated rings. The number of nitrogens with zero attached hydrogens (tertiary/aromatic N) is 2. The molecule has 7 nitrogen and oxygen atoms in total. The Morgan fingerprint density at radius 1 is 1.14 bits per heavy atom. The zero-order valence-corrected chi connectivity index (χ0v) is 15.8. The van der Waals surface area contributed by atoms with E-state index in [0.29, 0.717) is 13.0 Å². The molecule has 0 aliphatic carbocycles. The summed E-state index contributed by atoms with van der Waals surface area (Å²) in [4.78, 5) is 7.75. The van der Waals surface area contributed by atoms with E-state index in [-0.39, 0.29) is 11.6 Å². The van der Waals surface area contributed by atoms with Gasteiger partial charge in [-0.2, -0.15) is 26.6 Å². The van der Waals surface area contributed by atoms with Crippen molar-refractivity contribution in [3.8, 4) is 11.6 Å². The van der Waals surface area contributed by atoms with Crippen molar-refractivity contribution in [2.75, 3.05) is 6.61 Å². The molecule has 2 heterocycles. The van der Waals surface area contributed by atoms with E-state index in [2.05, 4.69) is 14.2 Å². The highest BCUT2D eigenvalue weighted by Crippen LogP contribution is 2.32. The molecule has 29 heavy (non-hydrogen) atoms. The maximum atomic E-state index is 12.7. The average molecular weight is 430 g/mol. The van der Waals surface area contributed by atoms with Crippen LogP contribution in [0.4, 0.5) is 13.2 Å². The third-order valence-electron chi connectivity index (χ3n) is 3.83. The fourth-order valence-electron chi connectivity index (χ4n) is 2.42. The smallest absolute Gasteiger partial charge is 0.458 e. The van der Waals surface area contributed by atoms with Crippen LogP contribution in [0.1, 0.15) is 30.7 Å². The van der Waals surface area contributed by atoms with Gasteiger partial charge in [0.05, 0.1) is 12.8 Å². The van der Waals surface area contributed by atoms with Gasteiger partial charge in [-0.1, -0.05) is 36.4 Å². The van der Waals surface area contributed by atoms with Crippen molar-refractivity contribution in [1.82, 2.24) is 9.97 Å². The van der Waals surface area contributed by atoms with Crippen LogP contribution in [0.3, 0.4) is 0 Å². The monoisotopic (exact) mass is 430 g/mol. The van der Waals surface area contributed by atoms with E-state index in [0.717, 1.165) is 24.6 Å². The van der Waals surface area contributed by atoms with Crippen molar-refractivity contribution in [1.29, 1.82) is 0 Å². The molecule has 0 N–H and O–H groups in total. The fraction of sp³-hybridized carbons (Fsp3) is 0.333. The first-order valence-electron chi connectivity index (χ1n) is 8.64. The van der Waals surface area contributed by atoms with E-state index in [1.165, 1.54) is 6.08 Å². The SMILES string of the molecule is O=S(=O)(Oc1nc(C=Cc2ccccc2)ncc1OC1CCCCO1)C(F)(F)F. The van der Waals surface area contributed by atoms with Crippen LogP contribution in [0.2, 0.25) is 0 Å². The van der Waals surface area contributed by atoms with Gasteiger partial charge in [-0.3, -0.25) is 0 Å². The van der Waals surface area contributed by atoms with Crippen molar-refractivity contribution in [3.05, 3.63) is 47.9 Å². The van der Waals surface area contributed by atoms with E-state index in [9.17, 15) is 21.6 Å². The molecule has 0 bridgehead atoms. The number of halogens is 3. The van der Waals surface area contributed by atoms with Crippen molar-refractivity contribution < 1.29 is 35.2 Å². The summed E-state index contributed by atoms with van der Waals surface area (Å²) >= 11 is 0. The van der Waals surface area contributed by atoms with Crippen LogP contribution in [0, 0.1) is 0 Å². The standard InChI is InChI=1S/C18H17F3N2O5S/c19-18(20,21)29(24,25)28-17-14(27-16-8-4-5-11-26-16)12-22-15(23-17)10-9-13-6-2-1-3-7-13/h1-3,6-7,9-10,12,16H,4-5,8,11H2. The molecular weight excluding hydrogens is 413 g/mol. The maximum absolute atomic E-state index is 12.7. The lowest BCUT2D eigenvalue weighted by molar-refractivity contribution is -0.106. The molecule has 0 spiro atoms. The Balaban J connectivity index is 1.89. The summed E-state index contributed by atoms with van der Waals surface area (Å²) < 4.78 is 76.1. The summed E-state index contributed by atoms with van der Waals surface area (Å²) in [7, 11) is -5.93. The summed E-state index contributed by atoms with van der Waals surface area (Å²) in [5.41, 5.74) is -4.83. The molecule has 1 aromatic carbocycles. The lowest BCUT2D eigenvalue weighted by Gasteiger charge is -2.23. The molecule has 1 aromatic heterocycles. The topological polar surface area (TPSA) is 87.6 Å². The molecule has 156 valence electrons. The number of ether oxygens (including phenoxy) is 2. The molecule has 0 saturated carbocycles. The van der Waals surface area contributed by atoms with Gasteiger partial charge in [-0.05, 0) is 24.5 Å². The Labute approximate surface area is 165 Å². The third-order valence-corrected chi connectivity index (χ3v) is 4.78. The van der Waals surface area contributed by atoms with Crippen molar-refractivity contribution in [2.45, 2.75) is 31.1 Å². The van der Waals surface area contributed by atoms with Gasteiger partial charge in [0.25, 0.3) is 5.88 Å². The molecule has 1 unspecified atom stereocenters. The van der Waals surface area contributed by atoms with Crippen molar-refractivity contribution in [3.63, 3.8) is 0 Å². The van der Waals surface area contributed by atoms with Crippen LogP contribution in [0.15, 0.2) is 36.5 Å². The molecule has 1 aliphatic heterocycles. The van der Waals surface area contributed by atoms with Crippen LogP contribution >= 0.6 is 0 Å². The normalized spacial score (nSPS) is 18.0. The van der Waals surface area contributed by atoms with E-state index < -0.39 is 27.8 Å². The Bertz CT molecular complexity index is 959. The first-order valence-corrected chi connectivity index (χ1v) is 10.0. The predicted octanol–water partition coefficient (Wildman–Crippen LogP) is 3.78. The summed E-state index contributed by atoms with van der Waals surface area (Å²) in [6, 6.07) is 9.00. The van der Waals surface area contributed by atoms with E-state index in [1.807, 2.05) is 6.07 Å². The Kier molecular flexibility index (Phi) is 6.38. The van der Waals surface area contributed by atoms with Gasteiger partial charge < -0.3 is 13.7 Å². The van der Waals surface area contributed by atoms with Crippen LogP contribution in [-0.4, -0.2) is 36.8 Å². The summed E-state index contributed by atoms with van der Waals surface area (Å²) in [6.07, 6.45) is 5.42. The molecule has 0 amide bonds. The van der Waals surface area contributed by atoms with Crippen LogP contribution in [-0.2, 0) is 14.9 Å². The Morgan fingerprint density at radius 2 is 1.90 bits per heavy atom. The molecule has 1 atom stereocenters. The van der Waals surface area contributed by atoms with E-state index in [4.69, 9.17) is 9.47 Å². The molecule has 11 heteroatoms.